The second-order valence-corrected chi connectivity index (χ2v) is 4.95. The van der Waals surface area contributed by atoms with Crippen molar-refractivity contribution in [1.29, 1.82) is 0 Å². The van der Waals surface area contributed by atoms with Crippen LogP contribution in [0, 0.1) is 5.41 Å². The molecule has 0 heterocycles. The van der Waals surface area contributed by atoms with Gasteiger partial charge in [-0.25, -0.2) is 0 Å². The van der Waals surface area contributed by atoms with E-state index in [2.05, 4.69) is 37.7 Å². The van der Waals surface area contributed by atoms with E-state index in [1.165, 1.54) is 12.8 Å². The van der Waals surface area contributed by atoms with Gasteiger partial charge in [0.05, 0.1) is 0 Å². The Balaban J connectivity index is 3.48. The van der Waals surface area contributed by atoms with Crippen LogP contribution in [-0.2, 0) is 0 Å². The van der Waals surface area contributed by atoms with Gasteiger partial charge in [0.1, 0.15) is 0 Å². The van der Waals surface area contributed by atoms with Crippen LogP contribution in [0.15, 0.2) is 17.6 Å². The molecule has 0 aliphatic heterocycles. The predicted octanol–water partition coefficient (Wildman–Crippen LogP) is 2.29. The van der Waals surface area contributed by atoms with Crippen LogP contribution in [0.1, 0.15) is 40.0 Å². The fraction of sp³-hybridized carbons (Fsp3) is 0.750. The van der Waals surface area contributed by atoms with Gasteiger partial charge in [-0.1, -0.05) is 33.3 Å². The molecule has 0 fully saturated rings. The van der Waals surface area contributed by atoms with Crippen LogP contribution in [-0.4, -0.2) is 19.0 Å². The molecule has 0 spiro atoms. The van der Waals surface area contributed by atoms with Crippen LogP contribution in [0.2, 0.25) is 0 Å². The van der Waals surface area contributed by atoms with E-state index in [-0.39, 0.29) is 0 Å². The van der Waals surface area contributed by atoms with Crippen molar-refractivity contribution in [2.45, 2.75) is 40.0 Å². The maximum Gasteiger partial charge on any atom is 0.188 e. The Morgan fingerprint density at radius 2 is 2.07 bits per heavy atom. The van der Waals surface area contributed by atoms with E-state index in [4.69, 9.17) is 5.73 Å². The zero-order valence-corrected chi connectivity index (χ0v) is 10.3. The van der Waals surface area contributed by atoms with Crippen LogP contribution < -0.4 is 11.1 Å². The molecule has 0 aromatic rings. The van der Waals surface area contributed by atoms with Crippen molar-refractivity contribution in [1.82, 2.24) is 5.32 Å². The third-order valence-corrected chi connectivity index (χ3v) is 2.04. The molecule has 0 radical (unpaired) electrons. The van der Waals surface area contributed by atoms with E-state index >= 15 is 0 Å². The van der Waals surface area contributed by atoms with E-state index in [1.807, 2.05) is 0 Å². The Bertz CT molecular complexity index is 201. The maximum atomic E-state index is 5.62. The van der Waals surface area contributed by atoms with Crippen molar-refractivity contribution in [3.05, 3.63) is 12.7 Å². The zero-order valence-electron chi connectivity index (χ0n) is 10.3. The Morgan fingerprint density at radius 1 is 1.40 bits per heavy atom. The fourth-order valence-electron chi connectivity index (χ4n) is 1.20. The number of hydrogen-bond donors (Lipinski definition) is 2. The topological polar surface area (TPSA) is 50.4 Å². The summed E-state index contributed by atoms with van der Waals surface area (Å²) in [6.45, 7) is 11.9. The van der Waals surface area contributed by atoms with Crippen LogP contribution in [0.4, 0.5) is 0 Å². The lowest BCUT2D eigenvalue weighted by Crippen LogP contribution is -2.31. The lowest BCUT2D eigenvalue weighted by molar-refractivity contribution is 0.361. The Kier molecular flexibility index (Phi) is 6.84. The van der Waals surface area contributed by atoms with Gasteiger partial charge in [0.25, 0.3) is 0 Å². The van der Waals surface area contributed by atoms with Crippen LogP contribution in [0.25, 0.3) is 0 Å². The molecule has 3 heteroatoms. The van der Waals surface area contributed by atoms with E-state index in [0.29, 0.717) is 17.9 Å². The first-order chi connectivity index (χ1) is 6.95. The fourth-order valence-corrected chi connectivity index (χ4v) is 1.20. The largest absolute Gasteiger partial charge is 0.370 e. The van der Waals surface area contributed by atoms with Crippen molar-refractivity contribution in [2.24, 2.45) is 16.1 Å². The Labute approximate surface area is 93.8 Å². The molecule has 0 amide bonds. The lowest BCUT2D eigenvalue weighted by atomic mass is 9.90. The summed E-state index contributed by atoms with van der Waals surface area (Å²) in [5.41, 5.74) is 6.05. The average molecular weight is 211 g/mol. The van der Waals surface area contributed by atoms with Crippen molar-refractivity contribution in [3.8, 4) is 0 Å². The van der Waals surface area contributed by atoms with Gasteiger partial charge >= 0.3 is 0 Å². The molecule has 0 atom stereocenters. The quantitative estimate of drug-likeness (QED) is 0.306. The van der Waals surface area contributed by atoms with Crippen molar-refractivity contribution in [2.75, 3.05) is 13.1 Å². The highest BCUT2D eigenvalue weighted by molar-refractivity contribution is 5.77. The van der Waals surface area contributed by atoms with Crippen LogP contribution in [0.3, 0.4) is 0 Å². The summed E-state index contributed by atoms with van der Waals surface area (Å²) in [6, 6.07) is 0. The molecule has 0 aromatic carbocycles. The summed E-state index contributed by atoms with van der Waals surface area (Å²) >= 11 is 0. The summed E-state index contributed by atoms with van der Waals surface area (Å²) < 4.78 is 0. The molecule has 15 heavy (non-hydrogen) atoms. The molecule has 0 saturated heterocycles. The number of rotatable bonds is 6. The standard InChI is InChI=1S/C12H25N3/c1-5-9-14-11(13)15-10-7-6-8-12(2,3)4/h5H,1,6-10H2,2-4H3,(H3,13,14,15). The normalized spacial score (nSPS) is 12.6. The third-order valence-electron chi connectivity index (χ3n) is 2.04. The first-order valence-corrected chi connectivity index (χ1v) is 5.60. The highest BCUT2D eigenvalue weighted by atomic mass is 15.1. The van der Waals surface area contributed by atoms with Gasteiger partial charge < -0.3 is 11.1 Å². The number of unbranched alkanes of at least 4 members (excludes halogenated alkanes) is 1. The summed E-state index contributed by atoms with van der Waals surface area (Å²) in [6.07, 6.45) is 5.32. The van der Waals surface area contributed by atoms with Crippen molar-refractivity contribution in [3.63, 3.8) is 0 Å². The molecule has 0 aliphatic carbocycles. The smallest absolute Gasteiger partial charge is 0.188 e. The first-order valence-electron chi connectivity index (χ1n) is 5.60. The molecule has 88 valence electrons. The Morgan fingerprint density at radius 3 is 2.60 bits per heavy atom. The average Bonchev–Trinajstić information content (AvgIpc) is 2.12. The van der Waals surface area contributed by atoms with Gasteiger partial charge in [0.15, 0.2) is 5.96 Å². The molecular weight excluding hydrogens is 186 g/mol. The van der Waals surface area contributed by atoms with Gasteiger partial charge in [0.2, 0.25) is 0 Å². The van der Waals surface area contributed by atoms with Crippen molar-refractivity contribution < 1.29 is 0 Å². The molecular formula is C12H25N3. The monoisotopic (exact) mass is 211 g/mol. The van der Waals surface area contributed by atoms with Gasteiger partial charge in [-0.05, 0) is 18.3 Å². The highest BCUT2D eigenvalue weighted by Crippen LogP contribution is 2.21. The summed E-state index contributed by atoms with van der Waals surface area (Å²) in [7, 11) is 0. The molecule has 0 rings (SSSR count). The molecule has 3 N–H and O–H groups in total. The van der Waals surface area contributed by atoms with E-state index in [0.717, 1.165) is 13.0 Å². The number of nitrogens with zero attached hydrogens (tertiary/aromatic N) is 1. The number of guanidine groups is 1. The summed E-state index contributed by atoms with van der Waals surface area (Å²) in [4.78, 5) is 4.22. The Hall–Kier alpha value is -0.990. The second kappa shape index (κ2) is 7.32. The molecule has 3 nitrogen and oxygen atoms in total. The minimum absolute atomic E-state index is 0.427. The molecule has 0 aromatic heterocycles. The predicted molar refractivity (Wildman–Crippen MR) is 68.0 cm³/mol. The maximum absolute atomic E-state index is 5.62. The third kappa shape index (κ3) is 10.9. The minimum atomic E-state index is 0.427. The zero-order chi connectivity index (χ0) is 11.7. The van der Waals surface area contributed by atoms with Gasteiger partial charge in [-0.15, -0.1) is 6.58 Å². The lowest BCUT2D eigenvalue weighted by Gasteiger charge is -2.17. The van der Waals surface area contributed by atoms with Crippen molar-refractivity contribution >= 4 is 5.96 Å². The van der Waals surface area contributed by atoms with E-state index in [9.17, 15) is 0 Å². The molecule has 0 aliphatic rings. The SMILES string of the molecule is C=CCNC(N)=NCCCCC(C)(C)C. The van der Waals surface area contributed by atoms with E-state index < -0.39 is 0 Å². The first kappa shape index (κ1) is 14.0. The van der Waals surface area contributed by atoms with Crippen LogP contribution >= 0.6 is 0 Å². The number of nitrogens with two attached hydrogens (primary N) is 1. The van der Waals surface area contributed by atoms with Gasteiger partial charge in [-0.3, -0.25) is 4.99 Å². The number of aliphatic imine (C=N–C) groups is 1. The molecule has 0 saturated carbocycles. The molecule has 0 bridgehead atoms. The number of nitrogens with one attached hydrogen (secondary N) is 1. The summed E-state index contributed by atoms with van der Waals surface area (Å²) in [5, 5.41) is 2.95. The van der Waals surface area contributed by atoms with E-state index in [1.54, 1.807) is 6.08 Å². The minimum Gasteiger partial charge on any atom is -0.370 e. The van der Waals surface area contributed by atoms with Gasteiger partial charge in [-0.2, -0.15) is 0 Å². The summed E-state index contributed by atoms with van der Waals surface area (Å²) in [5.74, 6) is 0.519. The highest BCUT2D eigenvalue weighted by Gasteiger charge is 2.08. The second-order valence-electron chi connectivity index (χ2n) is 4.95. The van der Waals surface area contributed by atoms with Gasteiger partial charge in [0, 0.05) is 13.1 Å². The number of hydrogen-bond acceptors (Lipinski definition) is 1. The molecule has 0 unspecified atom stereocenters. The van der Waals surface area contributed by atoms with Crippen LogP contribution in [0.5, 0.6) is 0 Å².